The highest BCUT2D eigenvalue weighted by Gasteiger charge is 2.28. The first kappa shape index (κ1) is 17.6. The van der Waals surface area contributed by atoms with Gasteiger partial charge in [-0.3, -0.25) is 10.1 Å². The summed E-state index contributed by atoms with van der Waals surface area (Å²) >= 11 is 1.29. The molecule has 0 aromatic heterocycles. The van der Waals surface area contributed by atoms with Gasteiger partial charge in [-0.1, -0.05) is 19.3 Å². The van der Waals surface area contributed by atoms with E-state index >= 15 is 0 Å². The zero-order chi connectivity index (χ0) is 15.8. The van der Waals surface area contributed by atoms with Crippen LogP contribution in [0.4, 0.5) is 9.59 Å². The molecule has 1 saturated carbocycles. The highest BCUT2D eigenvalue weighted by atomic mass is 32.2. The maximum absolute atomic E-state index is 12.1. The molecule has 0 unspecified atom stereocenters. The first-order valence-corrected chi connectivity index (χ1v) is 8.01. The Kier molecular flexibility index (Phi) is 7.35. The number of amidine groups is 1. The van der Waals surface area contributed by atoms with Gasteiger partial charge in [-0.05, 0) is 30.7 Å². The monoisotopic (exact) mass is 316 g/mol. The molecule has 1 aliphatic carbocycles. The number of hydrogen-bond acceptors (Lipinski definition) is 5. The highest BCUT2D eigenvalue weighted by Crippen LogP contribution is 2.25. The van der Waals surface area contributed by atoms with Crippen molar-refractivity contribution in [2.24, 2.45) is 5.92 Å². The Balaban J connectivity index is 2.48. The molecule has 1 aliphatic rings. The molecule has 0 saturated heterocycles. The Labute approximate surface area is 130 Å². The number of rotatable bonds is 3. The maximum Gasteiger partial charge on any atom is 0.343 e. The molecule has 7 nitrogen and oxygen atoms in total. The van der Waals surface area contributed by atoms with Gasteiger partial charge < -0.3 is 9.64 Å². The lowest BCUT2D eigenvalue weighted by Crippen LogP contribution is -2.50. The number of methoxy groups -OCH3 is 1. The average Bonchev–Trinajstić information content (AvgIpc) is 2.48. The predicted octanol–water partition coefficient (Wildman–Crippen LogP) is 2.49. The molecule has 0 aromatic rings. The van der Waals surface area contributed by atoms with Gasteiger partial charge in [0.1, 0.15) is 0 Å². The number of ether oxygens (including phenoxy) is 1. The van der Waals surface area contributed by atoms with Gasteiger partial charge in [0.15, 0.2) is 0 Å². The molecule has 0 spiro atoms. The van der Waals surface area contributed by atoms with Gasteiger partial charge in [0.25, 0.3) is 0 Å². The second-order valence-corrected chi connectivity index (χ2v) is 6.07. The molecule has 4 amide bonds. The van der Waals surface area contributed by atoms with Gasteiger partial charge in [0.2, 0.25) is 0 Å². The van der Waals surface area contributed by atoms with E-state index in [2.05, 4.69) is 4.72 Å². The van der Waals surface area contributed by atoms with Crippen LogP contribution >= 0.6 is 11.9 Å². The molecule has 0 bridgehead atoms. The lowest BCUT2D eigenvalue weighted by molar-refractivity contribution is 0.180. The lowest BCUT2D eigenvalue weighted by Gasteiger charge is -2.24. The van der Waals surface area contributed by atoms with Crippen molar-refractivity contribution in [2.45, 2.75) is 32.1 Å². The third kappa shape index (κ3) is 5.45. The molecule has 0 heterocycles. The SMILES string of the molecule is COC(=N)N(C(=O)NSCC1CCCCC1)C(=O)N(C)C. The fourth-order valence-electron chi connectivity index (χ4n) is 2.18. The number of nitrogens with zero attached hydrogens (tertiary/aromatic N) is 2. The van der Waals surface area contributed by atoms with Crippen molar-refractivity contribution >= 4 is 30.0 Å². The van der Waals surface area contributed by atoms with Crippen LogP contribution in [0.15, 0.2) is 0 Å². The summed E-state index contributed by atoms with van der Waals surface area (Å²) in [4.78, 5) is 25.9. The molecular weight excluding hydrogens is 292 g/mol. The van der Waals surface area contributed by atoms with Crippen LogP contribution < -0.4 is 4.72 Å². The minimum absolute atomic E-state index is 0.496. The highest BCUT2D eigenvalue weighted by molar-refractivity contribution is 7.97. The van der Waals surface area contributed by atoms with Crippen molar-refractivity contribution in [2.75, 3.05) is 27.0 Å². The van der Waals surface area contributed by atoms with Crippen molar-refractivity contribution < 1.29 is 14.3 Å². The van der Waals surface area contributed by atoms with E-state index in [4.69, 9.17) is 10.1 Å². The predicted molar refractivity (Wildman–Crippen MR) is 83.2 cm³/mol. The first-order chi connectivity index (χ1) is 9.97. The molecular formula is C13H24N4O3S. The fraction of sp³-hybridized carbons (Fsp3) is 0.769. The van der Waals surface area contributed by atoms with E-state index in [1.807, 2.05) is 0 Å². The van der Waals surface area contributed by atoms with E-state index in [-0.39, 0.29) is 0 Å². The molecule has 120 valence electrons. The summed E-state index contributed by atoms with van der Waals surface area (Å²) in [7, 11) is 4.28. The molecule has 2 N–H and O–H groups in total. The van der Waals surface area contributed by atoms with Crippen molar-refractivity contribution in [3.63, 3.8) is 0 Å². The van der Waals surface area contributed by atoms with Gasteiger partial charge in [0, 0.05) is 19.8 Å². The van der Waals surface area contributed by atoms with Gasteiger partial charge >= 0.3 is 18.1 Å². The normalized spacial score (nSPS) is 15.2. The summed E-state index contributed by atoms with van der Waals surface area (Å²) in [6, 6.07) is -1.76. The van der Waals surface area contributed by atoms with Gasteiger partial charge in [-0.15, -0.1) is 0 Å². The average molecular weight is 316 g/mol. The Hall–Kier alpha value is -1.44. The Morgan fingerprint density at radius 3 is 2.43 bits per heavy atom. The zero-order valence-electron chi connectivity index (χ0n) is 12.8. The Morgan fingerprint density at radius 1 is 1.29 bits per heavy atom. The number of carbonyl (C=O) groups is 2. The third-order valence-corrected chi connectivity index (χ3v) is 4.33. The van der Waals surface area contributed by atoms with Crippen molar-refractivity contribution in [1.82, 2.24) is 14.5 Å². The molecule has 0 atom stereocenters. The van der Waals surface area contributed by atoms with E-state index in [1.165, 1.54) is 70.2 Å². The number of nitrogens with one attached hydrogen (secondary N) is 2. The summed E-state index contributed by atoms with van der Waals surface area (Å²) < 4.78 is 7.31. The number of urea groups is 2. The molecule has 0 radical (unpaired) electrons. The number of carbonyl (C=O) groups excluding carboxylic acids is 2. The molecule has 8 heteroatoms. The summed E-state index contributed by atoms with van der Waals surface area (Å²) in [5.41, 5.74) is 0. The first-order valence-electron chi connectivity index (χ1n) is 7.03. The standard InChI is InChI=1S/C13H24N4O3S/c1-16(2)13(19)17(11(14)20-3)12(18)15-21-9-10-7-5-4-6-8-10/h10,14H,4-9H2,1-3H3,(H,15,18). The van der Waals surface area contributed by atoms with Crippen LogP contribution in [-0.4, -0.2) is 54.8 Å². The summed E-state index contributed by atoms with van der Waals surface area (Å²) in [5, 5.41) is 7.57. The van der Waals surface area contributed by atoms with Crippen LogP contribution in [-0.2, 0) is 4.74 Å². The molecule has 21 heavy (non-hydrogen) atoms. The van der Waals surface area contributed by atoms with Crippen LogP contribution in [0.25, 0.3) is 0 Å². The topological polar surface area (TPSA) is 85.7 Å². The van der Waals surface area contributed by atoms with Crippen LogP contribution in [0.3, 0.4) is 0 Å². The number of amides is 4. The van der Waals surface area contributed by atoms with E-state index in [0.29, 0.717) is 10.8 Å². The molecule has 1 rings (SSSR count). The fourth-order valence-corrected chi connectivity index (χ4v) is 3.05. The summed E-state index contributed by atoms with van der Waals surface area (Å²) in [6.07, 6.45) is 6.18. The van der Waals surface area contributed by atoms with Crippen molar-refractivity contribution in [3.8, 4) is 0 Å². The maximum atomic E-state index is 12.1. The van der Waals surface area contributed by atoms with Gasteiger partial charge in [-0.25, -0.2) is 9.59 Å². The Morgan fingerprint density at radius 2 is 1.90 bits per heavy atom. The van der Waals surface area contributed by atoms with Gasteiger partial charge in [0.05, 0.1) is 7.11 Å². The number of imide groups is 1. The van der Waals surface area contributed by atoms with Crippen LogP contribution in [0.2, 0.25) is 0 Å². The van der Waals surface area contributed by atoms with Crippen molar-refractivity contribution in [1.29, 1.82) is 5.41 Å². The molecule has 1 fully saturated rings. The van der Waals surface area contributed by atoms with E-state index in [0.717, 1.165) is 5.75 Å². The zero-order valence-corrected chi connectivity index (χ0v) is 13.7. The third-order valence-electron chi connectivity index (χ3n) is 3.38. The minimum Gasteiger partial charge on any atom is -0.468 e. The van der Waals surface area contributed by atoms with Crippen LogP contribution in [0.5, 0.6) is 0 Å². The second kappa shape index (κ2) is 8.76. The Bertz CT molecular complexity index is 384. The second-order valence-electron chi connectivity index (χ2n) is 5.24. The minimum atomic E-state index is -0.652. The van der Waals surface area contributed by atoms with Crippen LogP contribution in [0, 0.1) is 11.3 Å². The lowest BCUT2D eigenvalue weighted by atomic mass is 9.91. The largest absolute Gasteiger partial charge is 0.468 e. The number of hydrogen-bond donors (Lipinski definition) is 2. The van der Waals surface area contributed by atoms with E-state index in [1.54, 1.807) is 0 Å². The summed E-state index contributed by atoms with van der Waals surface area (Å²) in [5.74, 6) is 1.44. The van der Waals surface area contributed by atoms with Gasteiger partial charge in [-0.2, -0.15) is 4.90 Å². The van der Waals surface area contributed by atoms with E-state index in [9.17, 15) is 9.59 Å². The molecule has 0 aliphatic heterocycles. The quantitative estimate of drug-likeness (QED) is 0.476. The van der Waals surface area contributed by atoms with E-state index < -0.39 is 18.1 Å². The van der Waals surface area contributed by atoms with Crippen LogP contribution in [0.1, 0.15) is 32.1 Å². The van der Waals surface area contributed by atoms with Crippen molar-refractivity contribution in [3.05, 3.63) is 0 Å². The molecule has 0 aromatic carbocycles. The summed E-state index contributed by atoms with van der Waals surface area (Å²) in [6.45, 7) is 0. The smallest absolute Gasteiger partial charge is 0.343 e.